The number of nitrogens with zero attached hydrogens (tertiary/aromatic N) is 5. The third-order valence-electron chi connectivity index (χ3n) is 7.93. The van der Waals surface area contributed by atoms with Crippen LogP contribution in [0.2, 0.25) is 0 Å². The van der Waals surface area contributed by atoms with Gasteiger partial charge >= 0.3 is 5.97 Å². The number of carboxylic acids is 1. The highest BCUT2D eigenvalue weighted by molar-refractivity contribution is 5.95. The van der Waals surface area contributed by atoms with E-state index in [0.717, 1.165) is 30.0 Å². The maximum Gasteiger partial charge on any atom is 0.341 e. The van der Waals surface area contributed by atoms with Crippen molar-refractivity contribution in [2.75, 3.05) is 38.8 Å². The maximum absolute atomic E-state index is 15.7. The Morgan fingerprint density at radius 2 is 1.93 bits per heavy atom. The predicted molar refractivity (Wildman–Crippen MR) is 168 cm³/mol. The van der Waals surface area contributed by atoms with Crippen LogP contribution in [0.5, 0.6) is 11.5 Å². The van der Waals surface area contributed by atoms with Gasteiger partial charge in [0.2, 0.25) is 5.43 Å². The average molecular weight is 614 g/mol. The number of para-hydroxylation sites is 1. The quantitative estimate of drug-likeness (QED) is 0.190. The summed E-state index contributed by atoms with van der Waals surface area (Å²) < 4.78 is 28.2. The lowest BCUT2D eigenvalue weighted by Crippen LogP contribution is -2.25. The first-order valence-corrected chi connectivity index (χ1v) is 14.5. The molecule has 12 heteroatoms. The summed E-state index contributed by atoms with van der Waals surface area (Å²) in [6, 6.07) is 16.3. The topological polar surface area (TPSA) is 128 Å². The van der Waals surface area contributed by atoms with Gasteiger partial charge in [-0.1, -0.05) is 47.6 Å². The lowest BCUT2D eigenvalue weighted by molar-refractivity contribution is 0.0694. The van der Waals surface area contributed by atoms with Gasteiger partial charge in [-0.2, -0.15) is 0 Å². The third-order valence-corrected chi connectivity index (χ3v) is 7.93. The van der Waals surface area contributed by atoms with Crippen molar-refractivity contribution in [1.29, 1.82) is 0 Å². The van der Waals surface area contributed by atoms with Crippen molar-refractivity contribution >= 4 is 34.7 Å². The van der Waals surface area contributed by atoms with Crippen molar-refractivity contribution in [2.45, 2.75) is 25.5 Å². The van der Waals surface area contributed by atoms with E-state index in [0.29, 0.717) is 30.3 Å². The van der Waals surface area contributed by atoms with E-state index >= 15 is 4.39 Å². The number of hydrogen-bond acceptors (Lipinski definition) is 9. The van der Waals surface area contributed by atoms with Gasteiger partial charge in [-0.15, -0.1) is 0 Å². The highest BCUT2D eigenvalue weighted by atomic mass is 19.1. The minimum absolute atomic E-state index is 0.00906. The number of methoxy groups -OCH3 is 2. The molecule has 1 N–H and O–H groups in total. The summed E-state index contributed by atoms with van der Waals surface area (Å²) in [5, 5.41) is 14.0. The molecule has 2 fully saturated rings. The number of anilines is 1. The van der Waals surface area contributed by atoms with Crippen LogP contribution in [-0.2, 0) is 11.4 Å². The van der Waals surface area contributed by atoms with Gasteiger partial charge < -0.3 is 28.9 Å². The number of halogens is 1. The van der Waals surface area contributed by atoms with E-state index in [9.17, 15) is 14.7 Å². The molecule has 0 radical (unpaired) electrons. The Labute approximate surface area is 258 Å². The molecule has 0 spiro atoms. The first-order chi connectivity index (χ1) is 21.9. The smallest absolute Gasteiger partial charge is 0.341 e. The van der Waals surface area contributed by atoms with Gasteiger partial charge in [0.15, 0.2) is 23.1 Å². The van der Waals surface area contributed by atoms with Gasteiger partial charge in [-0.25, -0.2) is 14.2 Å². The van der Waals surface area contributed by atoms with E-state index in [1.165, 1.54) is 6.20 Å². The summed E-state index contributed by atoms with van der Waals surface area (Å²) in [5.41, 5.74) is 1.45. The highest BCUT2D eigenvalue weighted by Gasteiger charge is 2.34. The number of carbonyl (C=O) groups is 1. The minimum atomic E-state index is -1.35. The molecule has 0 bridgehead atoms. The Kier molecular flexibility index (Phi) is 8.45. The summed E-state index contributed by atoms with van der Waals surface area (Å²) in [4.78, 5) is 41.4. The molecule has 2 aromatic carbocycles. The van der Waals surface area contributed by atoms with Crippen LogP contribution in [0.4, 0.5) is 10.2 Å². The summed E-state index contributed by atoms with van der Waals surface area (Å²) in [6.07, 6.45) is 4.75. The van der Waals surface area contributed by atoms with Crippen LogP contribution in [-0.4, -0.2) is 66.4 Å². The van der Waals surface area contributed by atoms with Crippen molar-refractivity contribution in [3.05, 3.63) is 93.5 Å². The monoisotopic (exact) mass is 613 g/mol. The number of hydrogen-bond donors (Lipinski definition) is 1. The second kappa shape index (κ2) is 12.8. The van der Waals surface area contributed by atoms with E-state index in [-0.39, 0.29) is 42.0 Å². The first-order valence-electron chi connectivity index (χ1n) is 14.5. The number of fused-ring (bicyclic) bond motifs is 1. The Morgan fingerprint density at radius 3 is 2.64 bits per heavy atom. The fourth-order valence-electron chi connectivity index (χ4n) is 5.51. The molecule has 0 amide bonds. The normalized spacial score (nSPS) is 17.4. The summed E-state index contributed by atoms with van der Waals surface area (Å²) in [5.74, 6) is -1.12. The van der Waals surface area contributed by atoms with Crippen LogP contribution in [0.3, 0.4) is 0 Å². The molecule has 2 aromatic heterocycles. The van der Waals surface area contributed by atoms with Gasteiger partial charge in [0.1, 0.15) is 17.8 Å². The number of carboxylic acid groups (broad SMARTS) is 1. The maximum atomic E-state index is 15.7. The van der Waals surface area contributed by atoms with Crippen LogP contribution >= 0.6 is 0 Å². The number of aliphatic imine (C=N–C) groups is 1. The molecule has 1 atom stereocenters. The fraction of sp³-hybridized carbons (Fsp3) is 0.303. The molecular formula is C33H32FN5O6. The van der Waals surface area contributed by atoms with Crippen molar-refractivity contribution in [3.8, 4) is 11.5 Å². The minimum Gasteiger partial charge on any atom is -0.493 e. The van der Waals surface area contributed by atoms with Gasteiger partial charge in [-0.3, -0.25) is 9.79 Å². The molecule has 1 aliphatic heterocycles. The van der Waals surface area contributed by atoms with Crippen LogP contribution < -0.4 is 19.8 Å². The standard InChI is InChI=1S/C33H32FN5O6/c1-43-28-10-6-9-21(30(28)44-2)19-45-37-27-18-38(16-22(27)15-35-14-20-7-4-3-5-8-20)32-26(34)13-24-29(40)25(33(41)42)17-39(23-11-12-23)31(24)36-32/h3-10,13-14,17,22-23H,11-12,15-16,18-19H2,1-2H3,(H,41,42)/b35-14?,37-27+. The summed E-state index contributed by atoms with van der Waals surface area (Å²) in [7, 11) is 3.12. The number of aromatic nitrogens is 2. The largest absolute Gasteiger partial charge is 0.493 e. The second-order valence-corrected chi connectivity index (χ2v) is 11.0. The molecule has 1 saturated heterocycles. The number of benzene rings is 2. The summed E-state index contributed by atoms with van der Waals surface area (Å²) in [6.45, 7) is 1.07. The van der Waals surface area contributed by atoms with Crippen LogP contribution in [0.15, 0.2) is 75.7 Å². The molecule has 1 saturated carbocycles. The number of pyridine rings is 2. The van der Waals surface area contributed by atoms with Gasteiger partial charge in [-0.05, 0) is 30.5 Å². The molecule has 1 unspecified atom stereocenters. The van der Waals surface area contributed by atoms with Crippen LogP contribution in [0.25, 0.3) is 11.0 Å². The zero-order valence-electron chi connectivity index (χ0n) is 24.9. The van der Waals surface area contributed by atoms with E-state index < -0.39 is 22.8 Å². The Bertz CT molecular complexity index is 1850. The molecule has 11 nitrogen and oxygen atoms in total. The Balaban J connectivity index is 1.31. The predicted octanol–water partition coefficient (Wildman–Crippen LogP) is 4.71. The second-order valence-electron chi connectivity index (χ2n) is 11.0. The molecule has 45 heavy (non-hydrogen) atoms. The first kappa shape index (κ1) is 29.8. The zero-order chi connectivity index (χ0) is 31.5. The van der Waals surface area contributed by atoms with Crippen molar-refractivity contribution < 1.29 is 28.6 Å². The number of oxime groups is 1. The highest BCUT2D eigenvalue weighted by Crippen LogP contribution is 2.37. The number of rotatable bonds is 11. The molecular weight excluding hydrogens is 581 g/mol. The van der Waals surface area contributed by atoms with Gasteiger partial charge in [0, 0.05) is 43.0 Å². The zero-order valence-corrected chi connectivity index (χ0v) is 24.9. The lowest BCUT2D eigenvalue weighted by Gasteiger charge is -2.19. The summed E-state index contributed by atoms with van der Waals surface area (Å²) >= 11 is 0. The molecule has 6 rings (SSSR count). The van der Waals surface area contributed by atoms with Gasteiger partial charge in [0.05, 0.1) is 31.9 Å². The lowest BCUT2D eigenvalue weighted by atomic mass is 10.1. The third kappa shape index (κ3) is 6.21. The fourth-order valence-corrected chi connectivity index (χ4v) is 5.51. The number of ether oxygens (including phenoxy) is 2. The Hall–Kier alpha value is -5.26. The molecule has 2 aliphatic rings. The molecule has 1 aliphatic carbocycles. The SMILES string of the molecule is COc1cccc(CO/N=C2\CN(c3nc4c(cc3F)c(=O)c(C(=O)O)cn4C3CC3)CC2CN=Cc2ccccc2)c1OC. The average Bonchev–Trinajstić information content (AvgIpc) is 3.82. The molecule has 4 aromatic rings. The van der Waals surface area contributed by atoms with E-state index in [4.69, 9.17) is 14.3 Å². The van der Waals surface area contributed by atoms with Crippen molar-refractivity contribution in [1.82, 2.24) is 9.55 Å². The Morgan fingerprint density at radius 1 is 1.13 bits per heavy atom. The molecule has 232 valence electrons. The van der Waals surface area contributed by atoms with Crippen LogP contribution in [0.1, 0.15) is 40.4 Å². The van der Waals surface area contributed by atoms with E-state index in [1.54, 1.807) is 36.0 Å². The van der Waals surface area contributed by atoms with Gasteiger partial charge in [0.25, 0.3) is 0 Å². The van der Waals surface area contributed by atoms with E-state index in [2.05, 4.69) is 15.1 Å². The number of aromatic carboxylic acids is 1. The van der Waals surface area contributed by atoms with Crippen LogP contribution in [0, 0.1) is 11.7 Å². The van der Waals surface area contributed by atoms with E-state index in [1.807, 2.05) is 42.5 Å². The molecule has 3 heterocycles. The van der Waals surface area contributed by atoms with Crippen molar-refractivity contribution in [2.24, 2.45) is 16.1 Å². The van der Waals surface area contributed by atoms with Crippen molar-refractivity contribution in [3.63, 3.8) is 0 Å².